The van der Waals surface area contributed by atoms with Crippen molar-refractivity contribution in [1.82, 2.24) is 10.2 Å². The molecular weight excluding hydrogens is 534 g/mol. The molecule has 0 saturated carbocycles. The highest BCUT2D eigenvalue weighted by Gasteiger charge is 2.33. The van der Waals surface area contributed by atoms with Crippen molar-refractivity contribution in [2.45, 2.75) is 52.7 Å². The van der Waals surface area contributed by atoms with Gasteiger partial charge in [0, 0.05) is 24.0 Å². The van der Waals surface area contributed by atoms with Crippen LogP contribution in [0.2, 0.25) is 5.02 Å². The van der Waals surface area contributed by atoms with E-state index in [1.807, 2.05) is 75.4 Å². The van der Waals surface area contributed by atoms with E-state index in [0.717, 1.165) is 27.3 Å². The van der Waals surface area contributed by atoms with Gasteiger partial charge in [0.1, 0.15) is 12.6 Å². The van der Waals surface area contributed by atoms with Gasteiger partial charge in [-0.2, -0.15) is 0 Å². The third kappa shape index (κ3) is 8.07. The minimum Gasteiger partial charge on any atom is -0.352 e. The first-order valence-corrected chi connectivity index (χ1v) is 15.0. The smallest absolute Gasteiger partial charge is 0.244 e. The molecule has 0 aliphatic rings. The van der Waals surface area contributed by atoms with E-state index in [2.05, 4.69) is 5.32 Å². The van der Waals surface area contributed by atoms with Crippen LogP contribution in [0.15, 0.2) is 72.8 Å². The van der Waals surface area contributed by atoms with Crippen molar-refractivity contribution in [1.29, 1.82) is 0 Å². The summed E-state index contributed by atoms with van der Waals surface area (Å²) in [4.78, 5) is 29.2. The third-order valence-electron chi connectivity index (χ3n) is 6.49. The first-order chi connectivity index (χ1) is 18.4. The number of hydrogen-bond donors (Lipinski definition) is 1. The monoisotopic (exact) mass is 569 g/mol. The number of halogens is 1. The van der Waals surface area contributed by atoms with Crippen molar-refractivity contribution in [2.24, 2.45) is 0 Å². The number of nitrogens with zero attached hydrogens (tertiary/aromatic N) is 2. The summed E-state index contributed by atoms with van der Waals surface area (Å²) in [6, 6.07) is 21.0. The second kappa shape index (κ2) is 13.1. The van der Waals surface area contributed by atoms with Crippen molar-refractivity contribution in [3.05, 3.63) is 100 Å². The molecule has 208 valence electrons. The Kier molecular flexibility index (Phi) is 10.2. The van der Waals surface area contributed by atoms with Crippen LogP contribution in [0, 0.1) is 13.8 Å². The van der Waals surface area contributed by atoms with Crippen LogP contribution < -0.4 is 9.62 Å². The van der Waals surface area contributed by atoms with E-state index in [4.69, 9.17) is 11.6 Å². The molecule has 0 heterocycles. The van der Waals surface area contributed by atoms with Crippen molar-refractivity contribution >= 4 is 39.1 Å². The topological polar surface area (TPSA) is 86.8 Å². The lowest BCUT2D eigenvalue weighted by Crippen LogP contribution is -2.54. The van der Waals surface area contributed by atoms with E-state index in [1.54, 1.807) is 25.1 Å². The van der Waals surface area contributed by atoms with E-state index >= 15 is 0 Å². The zero-order valence-electron chi connectivity index (χ0n) is 23.0. The summed E-state index contributed by atoms with van der Waals surface area (Å²) in [5.74, 6) is -0.802. The highest BCUT2D eigenvalue weighted by Crippen LogP contribution is 2.28. The summed E-state index contributed by atoms with van der Waals surface area (Å²) >= 11 is 6.29. The summed E-state index contributed by atoms with van der Waals surface area (Å²) in [6.45, 7) is 7.03. The Hall–Kier alpha value is -3.36. The van der Waals surface area contributed by atoms with Gasteiger partial charge < -0.3 is 10.2 Å². The normalized spacial score (nSPS) is 12.2. The van der Waals surface area contributed by atoms with Crippen LogP contribution in [0.1, 0.15) is 36.1 Å². The Morgan fingerprint density at radius 1 is 0.923 bits per heavy atom. The Morgan fingerprint density at radius 3 is 2.18 bits per heavy atom. The molecule has 2 amide bonds. The second-order valence-electron chi connectivity index (χ2n) is 9.97. The Morgan fingerprint density at radius 2 is 1.56 bits per heavy atom. The fraction of sp³-hybridized carbons (Fsp3) is 0.333. The molecule has 1 N–H and O–H groups in total. The van der Waals surface area contributed by atoms with E-state index in [-0.39, 0.29) is 24.9 Å². The van der Waals surface area contributed by atoms with Crippen LogP contribution in [-0.4, -0.2) is 50.0 Å². The molecule has 3 aromatic rings. The van der Waals surface area contributed by atoms with Crippen molar-refractivity contribution in [2.75, 3.05) is 17.1 Å². The highest BCUT2D eigenvalue weighted by atomic mass is 35.5. The Balaban J connectivity index is 2.09. The zero-order chi connectivity index (χ0) is 28.7. The number of amides is 2. The molecule has 3 rings (SSSR count). The predicted molar refractivity (Wildman–Crippen MR) is 157 cm³/mol. The minimum atomic E-state index is -3.86. The van der Waals surface area contributed by atoms with E-state index < -0.39 is 28.5 Å². The largest absolute Gasteiger partial charge is 0.352 e. The number of nitrogens with one attached hydrogen (secondary N) is 1. The Bertz CT molecular complexity index is 1410. The third-order valence-corrected chi connectivity index (χ3v) is 8.03. The molecule has 0 bridgehead atoms. The van der Waals surface area contributed by atoms with Crippen molar-refractivity contribution in [3.8, 4) is 0 Å². The van der Waals surface area contributed by atoms with Crippen LogP contribution in [0.25, 0.3) is 0 Å². The molecule has 3 aromatic carbocycles. The minimum absolute atomic E-state index is 0.140. The predicted octanol–water partition coefficient (Wildman–Crippen LogP) is 4.89. The summed E-state index contributed by atoms with van der Waals surface area (Å²) in [6.07, 6.45) is 1.32. The SMILES string of the molecule is Cc1ccccc1CN(C(=O)CN(c1cccc(Cl)c1C)S(C)(=O)=O)C(Cc1ccccc1)C(=O)NC(C)C. The molecule has 0 saturated heterocycles. The van der Waals surface area contributed by atoms with E-state index in [0.29, 0.717) is 16.3 Å². The van der Waals surface area contributed by atoms with Crippen LogP contribution in [0.5, 0.6) is 0 Å². The molecule has 0 radical (unpaired) electrons. The van der Waals surface area contributed by atoms with Gasteiger partial charge in [-0.1, -0.05) is 72.3 Å². The van der Waals surface area contributed by atoms with Gasteiger partial charge in [-0.05, 0) is 62.1 Å². The standard InChI is InChI=1S/C30H36ClN3O4S/c1-21(2)32-30(36)28(18-24-13-7-6-8-14-24)33(19-25-15-10-9-12-22(25)3)29(35)20-34(39(5,37)38)27-17-11-16-26(31)23(27)4/h6-17,21,28H,18-20H2,1-5H3,(H,32,36). The molecule has 0 aliphatic carbocycles. The van der Waals surface area contributed by atoms with Gasteiger partial charge in [-0.15, -0.1) is 0 Å². The van der Waals surface area contributed by atoms with Crippen LogP contribution in [-0.2, 0) is 32.6 Å². The molecular formula is C30H36ClN3O4S. The molecule has 9 heteroatoms. The average Bonchev–Trinajstić information content (AvgIpc) is 2.87. The summed E-state index contributed by atoms with van der Waals surface area (Å²) < 4.78 is 26.9. The maximum Gasteiger partial charge on any atom is 0.244 e. The van der Waals surface area contributed by atoms with E-state index in [1.165, 1.54) is 4.90 Å². The number of rotatable bonds is 11. The lowest BCUT2D eigenvalue weighted by atomic mass is 10.0. The molecule has 0 spiro atoms. The molecule has 1 unspecified atom stereocenters. The summed E-state index contributed by atoms with van der Waals surface area (Å²) in [5, 5.41) is 3.34. The molecule has 1 atom stereocenters. The number of sulfonamides is 1. The van der Waals surface area contributed by atoms with Gasteiger partial charge in [0.05, 0.1) is 11.9 Å². The van der Waals surface area contributed by atoms with E-state index in [9.17, 15) is 18.0 Å². The first-order valence-electron chi connectivity index (χ1n) is 12.8. The number of carbonyl (C=O) groups excluding carboxylic acids is 2. The number of carbonyl (C=O) groups is 2. The van der Waals surface area contributed by atoms with Gasteiger partial charge >= 0.3 is 0 Å². The van der Waals surface area contributed by atoms with Crippen molar-refractivity contribution < 1.29 is 18.0 Å². The van der Waals surface area contributed by atoms with Gasteiger partial charge in [-0.25, -0.2) is 8.42 Å². The number of aryl methyl sites for hydroxylation is 1. The molecule has 7 nitrogen and oxygen atoms in total. The Labute approximate surface area is 236 Å². The molecule has 39 heavy (non-hydrogen) atoms. The van der Waals surface area contributed by atoms with Gasteiger partial charge in [0.2, 0.25) is 21.8 Å². The fourth-order valence-corrected chi connectivity index (χ4v) is 5.44. The number of benzene rings is 3. The van der Waals surface area contributed by atoms with Crippen LogP contribution in [0.3, 0.4) is 0 Å². The molecule has 0 aromatic heterocycles. The number of hydrogen-bond acceptors (Lipinski definition) is 4. The first kappa shape index (κ1) is 30.2. The lowest BCUT2D eigenvalue weighted by Gasteiger charge is -2.34. The van der Waals surface area contributed by atoms with Crippen molar-refractivity contribution in [3.63, 3.8) is 0 Å². The van der Waals surface area contributed by atoms with Gasteiger partial charge in [0.15, 0.2) is 0 Å². The summed E-state index contributed by atoms with van der Waals surface area (Å²) in [7, 11) is -3.86. The maximum atomic E-state index is 14.1. The lowest BCUT2D eigenvalue weighted by molar-refractivity contribution is -0.140. The molecule has 0 aliphatic heterocycles. The molecule has 0 fully saturated rings. The second-order valence-corrected chi connectivity index (χ2v) is 12.3. The summed E-state index contributed by atoms with van der Waals surface area (Å²) in [5.41, 5.74) is 3.58. The van der Waals surface area contributed by atoms with Gasteiger partial charge in [0.25, 0.3) is 0 Å². The maximum absolute atomic E-state index is 14.1. The quantitative estimate of drug-likeness (QED) is 0.356. The fourth-order valence-electron chi connectivity index (χ4n) is 4.37. The van der Waals surface area contributed by atoms with Crippen LogP contribution in [0.4, 0.5) is 5.69 Å². The zero-order valence-corrected chi connectivity index (χ0v) is 24.6. The number of anilines is 1. The van der Waals surface area contributed by atoms with Crippen LogP contribution >= 0.6 is 11.6 Å². The van der Waals surface area contributed by atoms with Gasteiger partial charge in [-0.3, -0.25) is 13.9 Å². The highest BCUT2D eigenvalue weighted by molar-refractivity contribution is 7.92. The average molecular weight is 570 g/mol.